The summed E-state index contributed by atoms with van der Waals surface area (Å²) in [6.45, 7) is 7.51. The number of nitrogens with zero attached hydrogens (tertiary/aromatic N) is 3. The van der Waals surface area contributed by atoms with Gasteiger partial charge in [-0.05, 0) is 57.5 Å². The van der Waals surface area contributed by atoms with E-state index in [4.69, 9.17) is 11.6 Å². The second-order valence-electron chi connectivity index (χ2n) is 8.14. The number of carbonyl (C=O) groups is 1. The molecule has 0 fully saturated rings. The Labute approximate surface area is 191 Å². The normalized spacial score (nSPS) is 12.6. The van der Waals surface area contributed by atoms with Gasteiger partial charge in [-0.2, -0.15) is 0 Å². The summed E-state index contributed by atoms with van der Waals surface area (Å²) in [6.07, 6.45) is 0. The Balaban J connectivity index is 1.90. The third kappa shape index (κ3) is 5.66. The summed E-state index contributed by atoms with van der Waals surface area (Å²) in [5.41, 5.74) is 2.34. The number of rotatable bonds is 8. The van der Waals surface area contributed by atoms with Crippen molar-refractivity contribution in [1.82, 2.24) is 20.1 Å². The number of thioether (sulfide) groups is 1. The molecule has 1 aromatic heterocycles. The Bertz CT molecular complexity index is 1030. The van der Waals surface area contributed by atoms with Gasteiger partial charge in [0.2, 0.25) is 5.91 Å². The van der Waals surface area contributed by atoms with E-state index in [1.54, 1.807) is 26.0 Å². The lowest BCUT2D eigenvalue weighted by molar-refractivity contribution is -0.129. The summed E-state index contributed by atoms with van der Waals surface area (Å²) in [7, 11) is 0. The molecule has 0 bridgehead atoms. The SMILES string of the molecule is Cc1ccc(-n2c(SCc3ccc(F)cc3)nnc2C(C)NC(=O)C(C)(C)CCl)cc1. The number of aromatic nitrogens is 3. The molecule has 3 aromatic rings. The minimum Gasteiger partial charge on any atom is -0.346 e. The zero-order chi connectivity index (χ0) is 22.6. The van der Waals surface area contributed by atoms with Gasteiger partial charge in [0.05, 0.1) is 11.5 Å². The molecule has 31 heavy (non-hydrogen) atoms. The van der Waals surface area contributed by atoms with Crippen molar-refractivity contribution < 1.29 is 9.18 Å². The summed E-state index contributed by atoms with van der Waals surface area (Å²) >= 11 is 7.46. The lowest BCUT2D eigenvalue weighted by atomic mass is 9.95. The zero-order valence-electron chi connectivity index (χ0n) is 18.0. The summed E-state index contributed by atoms with van der Waals surface area (Å²) in [5.74, 6) is 1.06. The molecule has 1 unspecified atom stereocenters. The van der Waals surface area contributed by atoms with Gasteiger partial charge in [0.15, 0.2) is 11.0 Å². The van der Waals surface area contributed by atoms with Crippen molar-refractivity contribution in [1.29, 1.82) is 0 Å². The van der Waals surface area contributed by atoms with Gasteiger partial charge in [0, 0.05) is 17.3 Å². The highest BCUT2D eigenvalue weighted by molar-refractivity contribution is 7.98. The van der Waals surface area contributed by atoms with E-state index >= 15 is 0 Å². The first-order valence-electron chi connectivity index (χ1n) is 9.98. The van der Waals surface area contributed by atoms with Crippen molar-refractivity contribution in [2.24, 2.45) is 5.41 Å². The van der Waals surface area contributed by atoms with E-state index in [0.29, 0.717) is 16.7 Å². The van der Waals surface area contributed by atoms with Crippen molar-refractivity contribution in [3.63, 3.8) is 0 Å². The van der Waals surface area contributed by atoms with Gasteiger partial charge < -0.3 is 5.32 Å². The van der Waals surface area contributed by atoms with E-state index < -0.39 is 5.41 Å². The molecular weight excluding hydrogens is 435 g/mol. The molecule has 164 valence electrons. The van der Waals surface area contributed by atoms with Crippen LogP contribution in [-0.4, -0.2) is 26.6 Å². The van der Waals surface area contributed by atoms with Crippen LogP contribution in [0.3, 0.4) is 0 Å². The average Bonchev–Trinajstić information content (AvgIpc) is 3.18. The maximum atomic E-state index is 13.2. The largest absolute Gasteiger partial charge is 0.346 e. The smallest absolute Gasteiger partial charge is 0.227 e. The van der Waals surface area contributed by atoms with Crippen molar-refractivity contribution >= 4 is 29.3 Å². The number of aryl methyl sites for hydroxylation is 1. The van der Waals surface area contributed by atoms with Gasteiger partial charge in [0.25, 0.3) is 0 Å². The Hall–Kier alpha value is -2.38. The van der Waals surface area contributed by atoms with E-state index in [1.165, 1.54) is 23.9 Å². The molecular formula is C23H26ClFN4OS. The molecule has 3 rings (SSSR count). The van der Waals surface area contributed by atoms with Crippen molar-refractivity contribution in [2.45, 2.75) is 44.6 Å². The van der Waals surface area contributed by atoms with Gasteiger partial charge >= 0.3 is 0 Å². The highest BCUT2D eigenvalue weighted by Crippen LogP contribution is 2.28. The number of alkyl halides is 1. The Morgan fingerprint density at radius 1 is 1.16 bits per heavy atom. The molecule has 1 heterocycles. The quantitative estimate of drug-likeness (QED) is 0.358. The number of benzene rings is 2. The molecule has 0 aliphatic heterocycles. The molecule has 0 aliphatic carbocycles. The van der Waals surface area contributed by atoms with Crippen LogP contribution < -0.4 is 5.32 Å². The molecule has 8 heteroatoms. The molecule has 5 nitrogen and oxygen atoms in total. The predicted molar refractivity (Wildman–Crippen MR) is 123 cm³/mol. The lowest BCUT2D eigenvalue weighted by Gasteiger charge is -2.23. The van der Waals surface area contributed by atoms with Crippen molar-refractivity contribution in [3.05, 3.63) is 71.3 Å². The fourth-order valence-corrected chi connectivity index (χ4v) is 3.87. The summed E-state index contributed by atoms with van der Waals surface area (Å²) in [5, 5.41) is 12.5. The molecule has 0 saturated carbocycles. The molecule has 2 aromatic carbocycles. The third-order valence-electron chi connectivity index (χ3n) is 4.92. The van der Waals surface area contributed by atoms with E-state index in [0.717, 1.165) is 16.8 Å². The monoisotopic (exact) mass is 460 g/mol. The van der Waals surface area contributed by atoms with E-state index in [9.17, 15) is 9.18 Å². The molecule has 1 atom stereocenters. The maximum absolute atomic E-state index is 13.2. The number of nitrogens with one attached hydrogen (secondary N) is 1. The Morgan fingerprint density at radius 3 is 2.42 bits per heavy atom. The van der Waals surface area contributed by atoms with E-state index in [-0.39, 0.29) is 23.6 Å². The van der Waals surface area contributed by atoms with Gasteiger partial charge in [-0.3, -0.25) is 9.36 Å². The number of carbonyl (C=O) groups excluding carboxylic acids is 1. The zero-order valence-corrected chi connectivity index (χ0v) is 19.6. The predicted octanol–water partition coefficient (Wildman–Crippen LogP) is 5.45. The summed E-state index contributed by atoms with van der Waals surface area (Å²) in [4.78, 5) is 12.6. The van der Waals surface area contributed by atoms with Crippen LogP contribution in [0.4, 0.5) is 4.39 Å². The Kier molecular flexibility index (Phi) is 7.38. The van der Waals surface area contributed by atoms with Gasteiger partial charge in [-0.25, -0.2) is 4.39 Å². The topological polar surface area (TPSA) is 59.8 Å². The summed E-state index contributed by atoms with van der Waals surface area (Å²) in [6, 6.07) is 14.1. The van der Waals surface area contributed by atoms with Crippen LogP contribution in [0, 0.1) is 18.2 Å². The lowest BCUT2D eigenvalue weighted by Crippen LogP contribution is -2.40. The van der Waals surface area contributed by atoms with Crippen LogP contribution in [0.1, 0.15) is 43.8 Å². The highest BCUT2D eigenvalue weighted by atomic mass is 35.5. The third-order valence-corrected chi connectivity index (χ3v) is 6.58. The standard InChI is InChI=1S/C23H26ClFN4OS/c1-15-5-11-19(12-6-15)29-20(16(2)26-21(30)23(3,4)14-24)27-28-22(29)31-13-17-7-9-18(25)10-8-17/h5-12,16H,13-14H2,1-4H3,(H,26,30). The molecule has 1 N–H and O–H groups in total. The molecule has 0 spiro atoms. The first kappa shape index (κ1) is 23.3. The van der Waals surface area contributed by atoms with Gasteiger partial charge in [0.1, 0.15) is 5.82 Å². The summed E-state index contributed by atoms with van der Waals surface area (Å²) < 4.78 is 15.1. The van der Waals surface area contributed by atoms with Crippen LogP contribution >= 0.6 is 23.4 Å². The molecule has 0 radical (unpaired) electrons. The number of amides is 1. The van der Waals surface area contributed by atoms with Crippen LogP contribution in [-0.2, 0) is 10.5 Å². The molecule has 1 amide bonds. The van der Waals surface area contributed by atoms with Gasteiger partial charge in [-0.1, -0.05) is 41.6 Å². The minimum absolute atomic E-state index is 0.144. The second kappa shape index (κ2) is 9.83. The first-order valence-corrected chi connectivity index (χ1v) is 11.5. The second-order valence-corrected chi connectivity index (χ2v) is 9.35. The van der Waals surface area contributed by atoms with Gasteiger partial charge in [-0.15, -0.1) is 21.8 Å². The van der Waals surface area contributed by atoms with Crippen LogP contribution in [0.25, 0.3) is 5.69 Å². The Morgan fingerprint density at radius 2 is 1.81 bits per heavy atom. The number of hydrogen-bond donors (Lipinski definition) is 1. The van der Waals surface area contributed by atoms with E-state index in [2.05, 4.69) is 15.5 Å². The fourth-order valence-electron chi connectivity index (χ4n) is 2.84. The van der Waals surface area contributed by atoms with Crippen molar-refractivity contribution in [2.75, 3.05) is 5.88 Å². The number of halogens is 2. The average molecular weight is 461 g/mol. The fraction of sp³-hybridized carbons (Fsp3) is 0.348. The number of hydrogen-bond acceptors (Lipinski definition) is 4. The maximum Gasteiger partial charge on any atom is 0.227 e. The molecule has 0 aliphatic rings. The first-order chi connectivity index (χ1) is 14.7. The minimum atomic E-state index is -0.690. The van der Waals surface area contributed by atoms with Crippen molar-refractivity contribution in [3.8, 4) is 5.69 Å². The molecule has 0 saturated heterocycles. The van der Waals surface area contributed by atoms with E-state index in [1.807, 2.05) is 42.7 Å². The van der Waals surface area contributed by atoms with Crippen LogP contribution in [0.2, 0.25) is 0 Å². The van der Waals surface area contributed by atoms with Crippen LogP contribution in [0.5, 0.6) is 0 Å². The highest BCUT2D eigenvalue weighted by Gasteiger charge is 2.29. The van der Waals surface area contributed by atoms with Crippen LogP contribution in [0.15, 0.2) is 53.7 Å².